The zero-order valence-corrected chi connectivity index (χ0v) is 11.8. The van der Waals surface area contributed by atoms with Gasteiger partial charge in [0.15, 0.2) is 0 Å². The first kappa shape index (κ1) is 13.8. The fraction of sp³-hybridized carbons (Fsp3) is 0.500. The highest BCUT2D eigenvalue weighted by molar-refractivity contribution is 6.21. The Hall–Kier alpha value is -1.64. The molecule has 0 aliphatic carbocycles. The molecule has 0 fully saturated rings. The van der Waals surface area contributed by atoms with Crippen molar-refractivity contribution in [3.05, 3.63) is 35.4 Å². The van der Waals surface area contributed by atoms with Crippen molar-refractivity contribution in [2.75, 3.05) is 0 Å². The number of hydrogen-bond acceptors (Lipinski definition) is 2. The summed E-state index contributed by atoms with van der Waals surface area (Å²) in [4.78, 5) is 26.3. The summed E-state index contributed by atoms with van der Waals surface area (Å²) in [6.45, 7) is 6.27. The molecule has 0 unspecified atom stereocenters. The van der Waals surface area contributed by atoms with E-state index in [9.17, 15) is 9.59 Å². The molecule has 2 amide bonds. The molecule has 2 rings (SSSR count). The van der Waals surface area contributed by atoms with Crippen LogP contribution < -0.4 is 0 Å². The van der Waals surface area contributed by atoms with Crippen LogP contribution in [0.15, 0.2) is 24.3 Å². The van der Waals surface area contributed by atoms with Gasteiger partial charge < -0.3 is 0 Å². The van der Waals surface area contributed by atoms with Crippen molar-refractivity contribution in [3.8, 4) is 0 Å². The van der Waals surface area contributed by atoms with Gasteiger partial charge in [-0.15, -0.1) is 0 Å². The minimum absolute atomic E-state index is 0.00681. The van der Waals surface area contributed by atoms with Gasteiger partial charge in [-0.25, -0.2) is 0 Å². The lowest BCUT2D eigenvalue weighted by Gasteiger charge is -2.29. The second-order valence-corrected chi connectivity index (χ2v) is 5.48. The normalized spacial score (nSPS) is 16.1. The van der Waals surface area contributed by atoms with Crippen LogP contribution in [0.1, 0.15) is 60.7 Å². The Morgan fingerprint density at radius 1 is 1.05 bits per heavy atom. The average molecular weight is 259 g/mol. The van der Waals surface area contributed by atoms with Gasteiger partial charge in [0.05, 0.1) is 11.1 Å². The summed E-state index contributed by atoms with van der Waals surface area (Å²) in [7, 11) is 0. The van der Waals surface area contributed by atoms with Crippen LogP contribution >= 0.6 is 0 Å². The third-order valence-corrected chi connectivity index (χ3v) is 3.78. The minimum atomic E-state index is -0.129. The zero-order chi connectivity index (χ0) is 14.0. The van der Waals surface area contributed by atoms with E-state index in [1.807, 2.05) is 12.1 Å². The number of hydrogen-bond donors (Lipinski definition) is 0. The lowest BCUT2D eigenvalue weighted by molar-refractivity contribution is 0.0528. The molecule has 1 aromatic carbocycles. The Morgan fingerprint density at radius 2 is 1.58 bits per heavy atom. The van der Waals surface area contributed by atoms with Crippen LogP contribution in [0.4, 0.5) is 0 Å². The molecule has 1 aromatic rings. The van der Waals surface area contributed by atoms with E-state index in [1.54, 1.807) is 12.1 Å². The van der Waals surface area contributed by atoms with Gasteiger partial charge >= 0.3 is 0 Å². The number of rotatable bonds is 5. The van der Waals surface area contributed by atoms with Gasteiger partial charge in [-0.1, -0.05) is 45.7 Å². The third-order valence-electron chi connectivity index (χ3n) is 3.78. The van der Waals surface area contributed by atoms with E-state index in [0.717, 1.165) is 19.3 Å². The molecular weight excluding hydrogens is 238 g/mol. The van der Waals surface area contributed by atoms with Crippen molar-refractivity contribution in [3.63, 3.8) is 0 Å². The Kier molecular flexibility index (Phi) is 4.03. The predicted molar refractivity (Wildman–Crippen MR) is 75.1 cm³/mol. The summed E-state index contributed by atoms with van der Waals surface area (Å²) in [5.41, 5.74) is 1.10. The quantitative estimate of drug-likeness (QED) is 0.759. The van der Waals surface area contributed by atoms with Gasteiger partial charge in [0, 0.05) is 6.04 Å². The van der Waals surface area contributed by atoms with Crippen LogP contribution in [0, 0.1) is 5.92 Å². The first-order valence-electron chi connectivity index (χ1n) is 7.04. The summed E-state index contributed by atoms with van der Waals surface area (Å²) < 4.78 is 0. The molecule has 0 saturated heterocycles. The summed E-state index contributed by atoms with van der Waals surface area (Å²) in [6.07, 6.45) is 3.00. The largest absolute Gasteiger partial charge is 0.271 e. The molecule has 0 N–H and O–H groups in total. The minimum Gasteiger partial charge on any atom is -0.271 e. The number of nitrogens with zero attached hydrogens (tertiary/aromatic N) is 1. The molecule has 3 heteroatoms. The van der Waals surface area contributed by atoms with Crippen LogP contribution in [0.25, 0.3) is 0 Å². The lowest BCUT2D eigenvalue weighted by atomic mass is 9.97. The van der Waals surface area contributed by atoms with Gasteiger partial charge in [0.25, 0.3) is 11.8 Å². The molecule has 1 atom stereocenters. The highest BCUT2D eigenvalue weighted by Crippen LogP contribution is 2.29. The van der Waals surface area contributed by atoms with Crippen molar-refractivity contribution in [2.24, 2.45) is 5.92 Å². The Morgan fingerprint density at radius 3 is 2.00 bits per heavy atom. The van der Waals surface area contributed by atoms with E-state index >= 15 is 0 Å². The second-order valence-electron chi connectivity index (χ2n) is 5.48. The molecule has 0 saturated carbocycles. The highest BCUT2D eigenvalue weighted by atomic mass is 16.2. The topological polar surface area (TPSA) is 37.4 Å². The highest BCUT2D eigenvalue weighted by Gasteiger charge is 2.40. The van der Waals surface area contributed by atoms with E-state index in [-0.39, 0.29) is 23.8 Å². The molecule has 0 aromatic heterocycles. The summed E-state index contributed by atoms with van der Waals surface area (Å²) in [6, 6.07) is 7.11. The molecule has 19 heavy (non-hydrogen) atoms. The van der Waals surface area contributed by atoms with E-state index in [1.165, 1.54) is 4.90 Å². The van der Waals surface area contributed by atoms with Gasteiger partial charge in [0.2, 0.25) is 0 Å². The number of fused-ring (bicyclic) bond motifs is 1. The monoisotopic (exact) mass is 259 g/mol. The zero-order valence-electron chi connectivity index (χ0n) is 11.8. The standard InChI is InChI=1S/C16H21NO2/c1-4-5-10-14(11(2)3)17-15(18)12-8-6-7-9-13(12)16(17)19/h6-9,11,14H,4-5,10H2,1-3H3/t14-/m1/s1. The fourth-order valence-corrected chi connectivity index (χ4v) is 2.68. The Labute approximate surface area is 114 Å². The van der Waals surface area contributed by atoms with Gasteiger partial charge in [-0.05, 0) is 24.5 Å². The van der Waals surface area contributed by atoms with Crippen LogP contribution in [-0.2, 0) is 0 Å². The van der Waals surface area contributed by atoms with Crippen LogP contribution in [0.5, 0.6) is 0 Å². The molecule has 1 aliphatic rings. The van der Waals surface area contributed by atoms with Crippen molar-refractivity contribution < 1.29 is 9.59 Å². The van der Waals surface area contributed by atoms with E-state index in [2.05, 4.69) is 20.8 Å². The predicted octanol–water partition coefficient (Wildman–Crippen LogP) is 3.50. The number of imide groups is 1. The second kappa shape index (κ2) is 5.55. The first-order chi connectivity index (χ1) is 9.07. The number of benzene rings is 1. The molecule has 1 heterocycles. The Bertz CT molecular complexity index is 458. The van der Waals surface area contributed by atoms with Crippen LogP contribution in [0.2, 0.25) is 0 Å². The number of carbonyl (C=O) groups is 2. The first-order valence-corrected chi connectivity index (χ1v) is 7.04. The summed E-state index contributed by atoms with van der Waals surface area (Å²) in [5, 5.41) is 0. The maximum atomic E-state index is 12.4. The number of amides is 2. The maximum Gasteiger partial charge on any atom is 0.261 e. The summed E-state index contributed by atoms with van der Waals surface area (Å²) >= 11 is 0. The molecule has 1 aliphatic heterocycles. The molecule has 0 radical (unpaired) electrons. The number of unbranched alkanes of at least 4 members (excludes halogenated alkanes) is 1. The fourth-order valence-electron chi connectivity index (χ4n) is 2.68. The third kappa shape index (κ3) is 2.42. The van der Waals surface area contributed by atoms with E-state index < -0.39 is 0 Å². The molecular formula is C16H21NO2. The van der Waals surface area contributed by atoms with E-state index in [4.69, 9.17) is 0 Å². The van der Waals surface area contributed by atoms with Gasteiger partial charge in [0.1, 0.15) is 0 Å². The van der Waals surface area contributed by atoms with Gasteiger partial charge in [-0.2, -0.15) is 0 Å². The van der Waals surface area contributed by atoms with Crippen molar-refractivity contribution in [2.45, 2.75) is 46.1 Å². The van der Waals surface area contributed by atoms with Gasteiger partial charge in [-0.3, -0.25) is 14.5 Å². The number of carbonyl (C=O) groups excluding carboxylic acids is 2. The smallest absolute Gasteiger partial charge is 0.261 e. The lowest BCUT2D eigenvalue weighted by Crippen LogP contribution is -2.42. The summed E-state index contributed by atoms with van der Waals surface area (Å²) in [5.74, 6) is 0.0274. The van der Waals surface area contributed by atoms with Crippen LogP contribution in [0.3, 0.4) is 0 Å². The van der Waals surface area contributed by atoms with Crippen LogP contribution in [-0.4, -0.2) is 22.8 Å². The maximum absolute atomic E-state index is 12.4. The van der Waals surface area contributed by atoms with Crippen molar-refractivity contribution in [1.82, 2.24) is 4.90 Å². The molecule has 3 nitrogen and oxygen atoms in total. The average Bonchev–Trinajstić information content (AvgIpc) is 2.64. The molecule has 0 spiro atoms. The van der Waals surface area contributed by atoms with Crippen molar-refractivity contribution in [1.29, 1.82) is 0 Å². The molecule has 0 bridgehead atoms. The van der Waals surface area contributed by atoms with Crippen molar-refractivity contribution >= 4 is 11.8 Å². The van der Waals surface area contributed by atoms with E-state index in [0.29, 0.717) is 11.1 Å². The molecule has 102 valence electrons. The Balaban J connectivity index is 2.31. The SMILES string of the molecule is CCCC[C@H](C(C)C)N1C(=O)c2ccccc2C1=O.